The number of nitriles is 1. The Kier molecular flexibility index (Phi) is 5.80. The van der Waals surface area contributed by atoms with Gasteiger partial charge in [0.05, 0.1) is 16.2 Å². The Hall–Kier alpha value is -2.09. The smallest absolute Gasteiger partial charge is 0.270 e. The second-order valence-corrected chi connectivity index (χ2v) is 4.92. The molecule has 5 nitrogen and oxygen atoms in total. The Morgan fingerprint density at radius 2 is 2.16 bits per heavy atom. The first-order valence-electron chi connectivity index (χ1n) is 6.47. The van der Waals surface area contributed by atoms with Crippen LogP contribution in [0, 0.1) is 27.4 Å². The molecule has 1 rings (SSSR count). The standard InChI is InChI=1S/C14H19N3O2/c1-11(2)5-3-4-8-16-14-7-6-13(17(18)19)9-12(14)10-15/h6-7,9,11,16H,3-5,8H2,1-2H3. The summed E-state index contributed by atoms with van der Waals surface area (Å²) in [6.07, 6.45) is 3.35. The highest BCUT2D eigenvalue weighted by Crippen LogP contribution is 2.21. The third kappa shape index (κ3) is 4.96. The summed E-state index contributed by atoms with van der Waals surface area (Å²) in [4.78, 5) is 10.1. The summed E-state index contributed by atoms with van der Waals surface area (Å²) >= 11 is 0. The summed E-state index contributed by atoms with van der Waals surface area (Å²) < 4.78 is 0. The first-order valence-corrected chi connectivity index (χ1v) is 6.47. The van der Waals surface area contributed by atoms with Crippen molar-refractivity contribution >= 4 is 11.4 Å². The lowest BCUT2D eigenvalue weighted by atomic mass is 10.1. The summed E-state index contributed by atoms with van der Waals surface area (Å²) in [6, 6.07) is 6.30. The summed E-state index contributed by atoms with van der Waals surface area (Å²) in [5.74, 6) is 0.703. The molecule has 0 amide bonds. The molecule has 1 N–H and O–H groups in total. The van der Waals surface area contributed by atoms with Crippen LogP contribution in [0.2, 0.25) is 0 Å². The number of hydrogen-bond acceptors (Lipinski definition) is 4. The van der Waals surface area contributed by atoms with Crippen molar-refractivity contribution in [3.63, 3.8) is 0 Å². The first-order chi connectivity index (χ1) is 9.04. The lowest BCUT2D eigenvalue weighted by Gasteiger charge is -2.08. The van der Waals surface area contributed by atoms with Crippen molar-refractivity contribution in [1.29, 1.82) is 5.26 Å². The van der Waals surface area contributed by atoms with Crippen molar-refractivity contribution in [3.8, 4) is 6.07 Å². The molecule has 0 heterocycles. The zero-order valence-corrected chi connectivity index (χ0v) is 11.3. The molecule has 0 aliphatic rings. The van der Waals surface area contributed by atoms with Gasteiger partial charge in [-0.05, 0) is 18.4 Å². The number of hydrogen-bond donors (Lipinski definition) is 1. The fraction of sp³-hybridized carbons (Fsp3) is 0.500. The van der Waals surface area contributed by atoms with Gasteiger partial charge < -0.3 is 5.32 Å². The van der Waals surface area contributed by atoms with Gasteiger partial charge in [0.25, 0.3) is 5.69 Å². The minimum absolute atomic E-state index is 0.0538. The molecule has 0 fully saturated rings. The van der Waals surface area contributed by atoms with Crippen LogP contribution in [0.4, 0.5) is 11.4 Å². The molecule has 19 heavy (non-hydrogen) atoms. The van der Waals surface area contributed by atoms with E-state index in [4.69, 9.17) is 5.26 Å². The van der Waals surface area contributed by atoms with Crippen LogP contribution in [-0.4, -0.2) is 11.5 Å². The lowest BCUT2D eigenvalue weighted by Crippen LogP contribution is -2.04. The van der Waals surface area contributed by atoms with Gasteiger partial charge in [0.15, 0.2) is 0 Å². The van der Waals surface area contributed by atoms with E-state index < -0.39 is 4.92 Å². The van der Waals surface area contributed by atoms with Crippen molar-refractivity contribution < 1.29 is 4.92 Å². The molecule has 0 aliphatic heterocycles. The van der Waals surface area contributed by atoms with Gasteiger partial charge in [-0.2, -0.15) is 5.26 Å². The van der Waals surface area contributed by atoms with E-state index in [0.717, 1.165) is 19.4 Å². The van der Waals surface area contributed by atoms with Crippen molar-refractivity contribution in [2.75, 3.05) is 11.9 Å². The van der Waals surface area contributed by atoms with Crippen LogP contribution in [0.5, 0.6) is 0 Å². The van der Waals surface area contributed by atoms with Crippen LogP contribution in [0.15, 0.2) is 18.2 Å². The second kappa shape index (κ2) is 7.37. The number of anilines is 1. The Morgan fingerprint density at radius 1 is 1.42 bits per heavy atom. The average Bonchev–Trinajstić information content (AvgIpc) is 2.37. The van der Waals surface area contributed by atoms with Crippen LogP contribution in [0.1, 0.15) is 38.7 Å². The fourth-order valence-corrected chi connectivity index (χ4v) is 1.79. The monoisotopic (exact) mass is 261 g/mol. The van der Waals surface area contributed by atoms with Crippen molar-refractivity contribution in [2.24, 2.45) is 5.92 Å². The lowest BCUT2D eigenvalue weighted by molar-refractivity contribution is -0.384. The third-order valence-electron chi connectivity index (χ3n) is 2.86. The van der Waals surface area contributed by atoms with Crippen LogP contribution >= 0.6 is 0 Å². The highest BCUT2D eigenvalue weighted by atomic mass is 16.6. The van der Waals surface area contributed by atoms with E-state index in [-0.39, 0.29) is 5.69 Å². The molecule has 102 valence electrons. The van der Waals surface area contributed by atoms with Gasteiger partial charge >= 0.3 is 0 Å². The number of unbranched alkanes of at least 4 members (excludes halogenated alkanes) is 1. The number of benzene rings is 1. The molecule has 0 spiro atoms. The van der Waals surface area contributed by atoms with Gasteiger partial charge in [-0.15, -0.1) is 0 Å². The second-order valence-electron chi connectivity index (χ2n) is 4.92. The highest BCUT2D eigenvalue weighted by Gasteiger charge is 2.10. The Bertz CT molecular complexity index is 478. The van der Waals surface area contributed by atoms with Crippen LogP contribution in [0.25, 0.3) is 0 Å². The molecule has 1 aromatic rings. The van der Waals surface area contributed by atoms with Crippen LogP contribution in [0.3, 0.4) is 0 Å². The number of nitrogens with zero attached hydrogens (tertiary/aromatic N) is 2. The maximum atomic E-state index is 10.6. The summed E-state index contributed by atoms with van der Waals surface area (Å²) in [5.41, 5.74) is 0.928. The van der Waals surface area contributed by atoms with Crippen LogP contribution < -0.4 is 5.32 Å². The van der Waals surface area contributed by atoms with E-state index in [9.17, 15) is 10.1 Å². The predicted molar refractivity (Wildman–Crippen MR) is 75.0 cm³/mol. The minimum atomic E-state index is -0.493. The number of nitrogens with one attached hydrogen (secondary N) is 1. The molecule has 0 saturated heterocycles. The van der Waals surface area contributed by atoms with Gasteiger partial charge in [-0.25, -0.2) is 0 Å². The molecule has 0 radical (unpaired) electrons. The minimum Gasteiger partial charge on any atom is -0.384 e. The first kappa shape index (κ1) is 15.0. The molecule has 1 aromatic carbocycles. The van der Waals surface area contributed by atoms with E-state index in [1.807, 2.05) is 6.07 Å². The van der Waals surface area contributed by atoms with E-state index in [1.165, 1.54) is 18.6 Å². The molecule has 0 saturated carbocycles. The van der Waals surface area contributed by atoms with E-state index in [0.29, 0.717) is 17.2 Å². The quantitative estimate of drug-likeness (QED) is 0.461. The topological polar surface area (TPSA) is 79.0 Å². The molecule has 0 aliphatic carbocycles. The van der Waals surface area contributed by atoms with Crippen LogP contribution in [-0.2, 0) is 0 Å². The van der Waals surface area contributed by atoms with E-state index in [1.54, 1.807) is 6.07 Å². The zero-order chi connectivity index (χ0) is 14.3. The number of nitro benzene ring substituents is 1. The normalized spacial score (nSPS) is 10.2. The van der Waals surface area contributed by atoms with Gasteiger partial charge in [0.2, 0.25) is 0 Å². The van der Waals surface area contributed by atoms with Gasteiger partial charge in [0, 0.05) is 18.7 Å². The summed E-state index contributed by atoms with van der Waals surface area (Å²) in [7, 11) is 0. The van der Waals surface area contributed by atoms with E-state index in [2.05, 4.69) is 19.2 Å². The molecule has 0 unspecified atom stereocenters. The van der Waals surface area contributed by atoms with Gasteiger partial charge in [-0.1, -0.05) is 26.7 Å². The zero-order valence-electron chi connectivity index (χ0n) is 11.3. The molecule has 0 atom stereocenters. The number of nitro groups is 1. The van der Waals surface area contributed by atoms with Crippen molar-refractivity contribution in [2.45, 2.75) is 33.1 Å². The van der Waals surface area contributed by atoms with Crippen molar-refractivity contribution in [1.82, 2.24) is 0 Å². The van der Waals surface area contributed by atoms with E-state index >= 15 is 0 Å². The third-order valence-corrected chi connectivity index (χ3v) is 2.86. The molecule has 5 heteroatoms. The molecular formula is C14H19N3O2. The SMILES string of the molecule is CC(C)CCCCNc1ccc([N+](=O)[O-])cc1C#N. The van der Waals surface area contributed by atoms with Gasteiger partial charge in [-0.3, -0.25) is 10.1 Å². The maximum Gasteiger partial charge on any atom is 0.270 e. The molecular weight excluding hydrogens is 242 g/mol. The molecule has 0 aromatic heterocycles. The Labute approximate surface area is 113 Å². The fourth-order valence-electron chi connectivity index (χ4n) is 1.79. The molecule has 0 bridgehead atoms. The predicted octanol–water partition coefficient (Wildman–Crippen LogP) is 3.70. The number of rotatable bonds is 7. The summed E-state index contributed by atoms with van der Waals surface area (Å²) in [5, 5.41) is 22.8. The summed E-state index contributed by atoms with van der Waals surface area (Å²) in [6.45, 7) is 5.16. The van der Waals surface area contributed by atoms with Crippen molar-refractivity contribution in [3.05, 3.63) is 33.9 Å². The highest BCUT2D eigenvalue weighted by molar-refractivity contribution is 5.61. The Balaban J connectivity index is 2.54. The number of non-ortho nitro benzene ring substituents is 1. The average molecular weight is 261 g/mol. The largest absolute Gasteiger partial charge is 0.384 e. The Morgan fingerprint density at radius 3 is 2.74 bits per heavy atom. The van der Waals surface area contributed by atoms with Gasteiger partial charge in [0.1, 0.15) is 6.07 Å². The maximum absolute atomic E-state index is 10.6.